The predicted octanol–water partition coefficient (Wildman–Crippen LogP) is 5.70. The minimum Gasteiger partial charge on any atom is -0.505 e. The molecule has 5 aromatic rings. The largest absolute Gasteiger partial charge is 0.505 e. The summed E-state index contributed by atoms with van der Waals surface area (Å²) in [4.78, 5) is 14.7. The molecule has 7 nitrogen and oxygen atoms in total. The summed E-state index contributed by atoms with van der Waals surface area (Å²) < 4.78 is 32.9. The van der Waals surface area contributed by atoms with Gasteiger partial charge < -0.3 is 20.3 Å². The molecule has 2 aromatic carbocycles. The van der Waals surface area contributed by atoms with Crippen LogP contribution in [-0.4, -0.2) is 55.4 Å². The van der Waals surface area contributed by atoms with Crippen LogP contribution in [0.4, 0.5) is 8.78 Å². The highest BCUT2D eigenvalue weighted by atomic mass is 19.1. The van der Waals surface area contributed by atoms with Crippen LogP contribution in [0.1, 0.15) is 35.2 Å². The van der Waals surface area contributed by atoms with Gasteiger partial charge in [0.05, 0.1) is 23.3 Å². The van der Waals surface area contributed by atoms with Gasteiger partial charge in [0.25, 0.3) is 5.91 Å². The topological polar surface area (TPSA) is 88.8 Å². The smallest absolute Gasteiger partial charge is 0.255 e. The van der Waals surface area contributed by atoms with Gasteiger partial charge in [-0.15, -0.1) is 0 Å². The van der Waals surface area contributed by atoms with Gasteiger partial charge in [-0.3, -0.25) is 4.79 Å². The van der Waals surface area contributed by atoms with Crippen LogP contribution in [0.25, 0.3) is 38.9 Å². The van der Waals surface area contributed by atoms with Gasteiger partial charge in [0.15, 0.2) is 11.6 Å². The van der Waals surface area contributed by atoms with Crippen LogP contribution in [0.2, 0.25) is 0 Å². The molecular formula is C32H31F2N5O2. The number of rotatable bonds is 5. The van der Waals surface area contributed by atoms with Crippen molar-refractivity contribution in [2.75, 3.05) is 13.1 Å². The molecule has 2 fully saturated rings. The fourth-order valence-electron chi connectivity index (χ4n) is 6.08. The van der Waals surface area contributed by atoms with E-state index in [0.717, 1.165) is 52.8 Å². The summed E-state index contributed by atoms with van der Waals surface area (Å²) in [5, 5.41) is 15.9. The molecule has 2 aliphatic rings. The lowest BCUT2D eigenvalue weighted by Gasteiger charge is -2.32. The number of phenolic OH excluding ortho intramolecular Hbond substituents is 1. The molecule has 0 unspecified atom stereocenters. The van der Waals surface area contributed by atoms with Crippen LogP contribution >= 0.6 is 0 Å². The number of amides is 1. The fraction of sp³-hybridized carbons (Fsp3) is 0.312. The Bertz CT molecular complexity index is 1810. The number of halogens is 2. The van der Waals surface area contributed by atoms with Gasteiger partial charge in [-0.05, 0) is 68.0 Å². The third kappa shape index (κ3) is 4.54. The standard InChI is InChI=1S/C32H31F2N5O2/c1-18-26-10-9-22(32(41)37-16-23(33)13-24(35)17-37)15-39(26)36-31(18)28-12-21-8-7-20(25-3-2-4-29(40)30(25)34)11-27(21)38(28)14-19-5-6-19/h2-4,7-12,15,19,23-24,40H,5-6,13-14,16-17,35H2,1H3/t23-,24-/m1/s1. The first-order valence-corrected chi connectivity index (χ1v) is 14.1. The maximum absolute atomic E-state index is 14.8. The first-order chi connectivity index (χ1) is 19.8. The Kier molecular flexibility index (Phi) is 6.08. The van der Waals surface area contributed by atoms with E-state index in [1.54, 1.807) is 28.9 Å². The number of carbonyl (C=O) groups excluding carboxylic acids is 1. The number of nitrogens with zero attached hydrogens (tertiary/aromatic N) is 4. The molecule has 1 saturated heterocycles. The Morgan fingerprint density at radius 3 is 2.71 bits per heavy atom. The molecule has 0 spiro atoms. The highest BCUT2D eigenvalue weighted by Gasteiger charge is 2.30. The highest BCUT2D eigenvalue weighted by molar-refractivity contribution is 5.95. The van der Waals surface area contributed by atoms with Crippen LogP contribution in [0, 0.1) is 18.7 Å². The van der Waals surface area contributed by atoms with E-state index in [4.69, 9.17) is 10.8 Å². The number of benzene rings is 2. The zero-order valence-corrected chi connectivity index (χ0v) is 22.7. The molecule has 41 heavy (non-hydrogen) atoms. The number of carbonyl (C=O) groups is 1. The van der Waals surface area contributed by atoms with E-state index in [1.807, 2.05) is 31.2 Å². The first kappa shape index (κ1) is 25.7. The van der Waals surface area contributed by atoms with Gasteiger partial charge in [-0.25, -0.2) is 13.3 Å². The molecule has 2 atom stereocenters. The molecule has 0 bridgehead atoms. The summed E-state index contributed by atoms with van der Waals surface area (Å²) in [6, 6.07) is 15.9. The van der Waals surface area contributed by atoms with Crippen molar-refractivity contribution < 1.29 is 18.7 Å². The van der Waals surface area contributed by atoms with Gasteiger partial charge in [0.1, 0.15) is 11.9 Å². The number of aryl methyl sites for hydroxylation is 1. The van der Waals surface area contributed by atoms with Crippen LogP contribution in [0.15, 0.2) is 60.8 Å². The zero-order valence-electron chi connectivity index (χ0n) is 22.7. The second kappa shape index (κ2) is 9.69. The van der Waals surface area contributed by atoms with Crippen LogP contribution in [0.5, 0.6) is 5.75 Å². The van der Waals surface area contributed by atoms with E-state index < -0.39 is 12.0 Å². The van der Waals surface area contributed by atoms with Crippen LogP contribution < -0.4 is 5.73 Å². The normalized spacial score (nSPS) is 19.4. The van der Waals surface area contributed by atoms with E-state index in [-0.39, 0.29) is 30.7 Å². The minimum atomic E-state index is -1.12. The van der Waals surface area contributed by atoms with Crippen molar-refractivity contribution in [1.29, 1.82) is 0 Å². The Morgan fingerprint density at radius 2 is 1.93 bits per heavy atom. The van der Waals surface area contributed by atoms with Crippen LogP contribution in [-0.2, 0) is 6.54 Å². The van der Waals surface area contributed by atoms with Crippen molar-refractivity contribution >= 4 is 22.3 Å². The summed E-state index contributed by atoms with van der Waals surface area (Å²) in [5.74, 6) is -0.693. The monoisotopic (exact) mass is 555 g/mol. The van der Waals surface area contributed by atoms with Gasteiger partial charge >= 0.3 is 0 Å². The number of hydrogen-bond acceptors (Lipinski definition) is 4. The molecular weight excluding hydrogens is 524 g/mol. The van der Waals surface area contributed by atoms with Gasteiger partial charge in [-0.1, -0.05) is 24.3 Å². The van der Waals surface area contributed by atoms with E-state index in [0.29, 0.717) is 29.2 Å². The SMILES string of the molecule is Cc1c(-c2cc3ccc(-c4cccc(O)c4F)cc3n2CC2CC2)nn2cc(C(=O)N3C[C@H](N)C[C@@H](F)C3)ccc12. The lowest BCUT2D eigenvalue weighted by Crippen LogP contribution is -2.50. The predicted molar refractivity (Wildman–Crippen MR) is 154 cm³/mol. The van der Waals surface area contributed by atoms with Crippen molar-refractivity contribution in [3.63, 3.8) is 0 Å². The molecule has 210 valence electrons. The maximum atomic E-state index is 14.8. The second-order valence-electron chi connectivity index (χ2n) is 11.5. The number of fused-ring (bicyclic) bond motifs is 2. The molecule has 1 aliphatic heterocycles. The molecule has 0 radical (unpaired) electrons. The third-order valence-corrected chi connectivity index (χ3v) is 8.42. The molecule has 9 heteroatoms. The van der Waals surface area contributed by atoms with Crippen molar-refractivity contribution in [2.45, 2.75) is 44.9 Å². The van der Waals surface area contributed by atoms with Gasteiger partial charge in [-0.2, -0.15) is 5.10 Å². The number of nitrogens with two attached hydrogens (primary N) is 1. The van der Waals surface area contributed by atoms with Crippen LogP contribution in [0.3, 0.4) is 0 Å². The number of phenols is 1. The van der Waals surface area contributed by atoms with E-state index in [1.165, 1.54) is 11.0 Å². The average Bonchev–Trinajstić information content (AvgIpc) is 3.63. The van der Waals surface area contributed by atoms with Gasteiger partial charge in [0, 0.05) is 47.4 Å². The highest BCUT2D eigenvalue weighted by Crippen LogP contribution is 2.39. The number of aromatic nitrogens is 3. The Balaban J connectivity index is 1.31. The Labute approximate surface area is 235 Å². The number of pyridine rings is 1. The summed E-state index contributed by atoms with van der Waals surface area (Å²) >= 11 is 0. The van der Waals surface area contributed by atoms with Crippen molar-refractivity contribution in [3.8, 4) is 28.3 Å². The number of aromatic hydroxyl groups is 1. The van der Waals surface area contributed by atoms with E-state index >= 15 is 0 Å². The Morgan fingerprint density at radius 1 is 1.10 bits per heavy atom. The summed E-state index contributed by atoms with van der Waals surface area (Å²) in [6.45, 7) is 3.21. The lowest BCUT2D eigenvalue weighted by molar-refractivity contribution is 0.0606. The maximum Gasteiger partial charge on any atom is 0.255 e. The lowest BCUT2D eigenvalue weighted by atomic mass is 10.0. The number of likely N-dealkylation sites (tertiary alicyclic amines) is 1. The van der Waals surface area contributed by atoms with E-state index in [9.17, 15) is 18.7 Å². The quantitative estimate of drug-likeness (QED) is 0.291. The second-order valence-corrected chi connectivity index (χ2v) is 11.5. The summed E-state index contributed by atoms with van der Waals surface area (Å²) in [6.07, 6.45) is 3.18. The number of piperidine rings is 1. The zero-order chi connectivity index (χ0) is 28.4. The van der Waals surface area contributed by atoms with Crippen molar-refractivity contribution in [2.24, 2.45) is 11.7 Å². The Hall–Kier alpha value is -4.24. The number of alkyl halides is 1. The molecule has 1 amide bonds. The van der Waals surface area contributed by atoms with E-state index in [2.05, 4.69) is 10.6 Å². The number of hydrogen-bond donors (Lipinski definition) is 2. The molecule has 3 aromatic heterocycles. The molecule has 4 heterocycles. The van der Waals surface area contributed by atoms with Crippen molar-refractivity contribution in [1.82, 2.24) is 19.1 Å². The molecule has 7 rings (SSSR count). The minimum absolute atomic E-state index is 0.0453. The average molecular weight is 556 g/mol. The first-order valence-electron chi connectivity index (χ1n) is 14.1. The molecule has 1 saturated carbocycles. The fourth-order valence-corrected chi connectivity index (χ4v) is 6.08. The summed E-state index contributed by atoms with van der Waals surface area (Å²) in [5.41, 5.74) is 12.0. The third-order valence-electron chi connectivity index (χ3n) is 8.42. The summed E-state index contributed by atoms with van der Waals surface area (Å²) in [7, 11) is 0. The molecule has 1 aliphatic carbocycles. The molecule has 3 N–H and O–H groups in total. The van der Waals surface area contributed by atoms with Gasteiger partial charge in [0.2, 0.25) is 0 Å². The van der Waals surface area contributed by atoms with Crippen molar-refractivity contribution in [3.05, 3.63) is 77.7 Å².